The van der Waals surface area contributed by atoms with Crippen molar-refractivity contribution in [3.63, 3.8) is 0 Å². The zero-order chi connectivity index (χ0) is 23.9. The summed E-state index contributed by atoms with van der Waals surface area (Å²) >= 11 is 0. The van der Waals surface area contributed by atoms with Crippen LogP contribution < -0.4 is 5.73 Å². The zero-order valence-corrected chi connectivity index (χ0v) is 18.5. The Morgan fingerprint density at radius 3 is 2.55 bits per heavy atom. The van der Waals surface area contributed by atoms with E-state index < -0.39 is 27.5 Å². The third kappa shape index (κ3) is 3.52. The average molecular weight is 479 g/mol. The molecule has 3 heterocycles. The van der Waals surface area contributed by atoms with E-state index >= 15 is 0 Å². The predicted molar refractivity (Wildman–Crippen MR) is 113 cm³/mol. The lowest BCUT2D eigenvalue weighted by molar-refractivity contribution is -0.141. The first-order valence-electron chi connectivity index (χ1n) is 10.3. The van der Waals surface area contributed by atoms with Gasteiger partial charge in [0.15, 0.2) is 27.0 Å². The molecule has 1 aliphatic heterocycles. The fraction of sp³-hybridized carbons (Fsp3) is 0.381. The normalized spacial score (nSPS) is 17.6. The Balaban J connectivity index is 1.70. The van der Waals surface area contributed by atoms with Gasteiger partial charge in [-0.2, -0.15) is 13.2 Å². The smallest absolute Gasteiger partial charge is 0.381 e. The van der Waals surface area contributed by atoms with Crippen molar-refractivity contribution in [2.75, 3.05) is 12.0 Å². The Hall–Kier alpha value is -3.15. The molecule has 33 heavy (non-hydrogen) atoms. The zero-order valence-electron chi connectivity index (χ0n) is 17.7. The second-order valence-corrected chi connectivity index (χ2v) is 10.6. The first-order valence-corrected chi connectivity index (χ1v) is 12.1. The van der Waals surface area contributed by atoms with Crippen molar-refractivity contribution < 1.29 is 26.4 Å². The fourth-order valence-electron chi connectivity index (χ4n) is 4.40. The van der Waals surface area contributed by atoms with Gasteiger partial charge in [-0.1, -0.05) is 0 Å². The number of aromatic nitrogens is 3. The van der Waals surface area contributed by atoms with E-state index in [1.807, 2.05) is 6.92 Å². The van der Waals surface area contributed by atoms with E-state index in [1.165, 1.54) is 12.3 Å². The molecule has 8 nitrogen and oxygen atoms in total. The van der Waals surface area contributed by atoms with Gasteiger partial charge in [0.05, 0.1) is 22.3 Å². The molecule has 1 saturated carbocycles. The molecule has 0 bridgehead atoms. The summed E-state index contributed by atoms with van der Waals surface area (Å²) in [7, 11) is -3.82. The Labute approximate surface area is 187 Å². The van der Waals surface area contributed by atoms with Gasteiger partial charge in [-0.05, 0) is 43.4 Å². The number of nitrogens with zero attached hydrogens (tertiary/aromatic N) is 4. The van der Waals surface area contributed by atoms with Crippen molar-refractivity contribution >= 4 is 27.2 Å². The standard InChI is InChI=1S/C21H20F3N5O3S/c1-10(11-3-4-11)28-8-13-5-12(6-15(33(2,31)32)17(13)20(28)30)14-7-26-19-18(25)27-16(9-29(14)19)21(22,23)24/h5-7,9-11H,3-4,8H2,1-2H3,(H2,25,27)/t10-/m0/s1. The topological polar surface area (TPSA) is 111 Å². The summed E-state index contributed by atoms with van der Waals surface area (Å²) in [5, 5.41) is 0. The van der Waals surface area contributed by atoms with Crippen molar-refractivity contribution in [3.05, 3.63) is 41.3 Å². The fourth-order valence-corrected chi connectivity index (χ4v) is 5.33. The van der Waals surface area contributed by atoms with E-state index in [0.717, 1.165) is 29.7 Å². The van der Waals surface area contributed by atoms with Crippen molar-refractivity contribution in [1.82, 2.24) is 19.3 Å². The van der Waals surface area contributed by atoms with Gasteiger partial charge in [0.1, 0.15) is 0 Å². The number of nitrogens with two attached hydrogens (primary N) is 1. The summed E-state index contributed by atoms with van der Waals surface area (Å²) in [6.45, 7) is 2.18. The largest absolute Gasteiger partial charge is 0.434 e. The van der Waals surface area contributed by atoms with E-state index in [-0.39, 0.29) is 40.3 Å². The van der Waals surface area contributed by atoms with Gasteiger partial charge >= 0.3 is 6.18 Å². The Bertz CT molecular complexity index is 1430. The highest BCUT2D eigenvalue weighted by molar-refractivity contribution is 7.90. The third-order valence-corrected chi connectivity index (χ3v) is 7.42. The number of nitrogen functional groups attached to an aromatic ring is 1. The molecule has 5 rings (SSSR count). The lowest BCUT2D eigenvalue weighted by Gasteiger charge is -2.24. The SMILES string of the molecule is C[C@@H](C1CC1)N1Cc2cc(-c3cnc4c(N)nc(C(F)(F)F)cn34)cc(S(C)(=O)=O)c2C1=O. The summed E-state index contributed by atoms with van der Waals surface area (Å²) in [6, 6.07) is 2.91. The van der Waals surface area contributed by atoms with E-state index in [9.17, 15) is 26.4 Å². The Morgan fingerprint density at radius 2 is 1.94 bits per heavy atom. The second-order valence-electron chi connectivity index (χ2n) is 8.64. The lowest BCUT2D eigenvalue weighted by atomic mass is 10.0. The molecule has 1 atom stereocenters. The van der Waals surface area contributed by atoms with Gasteiger partial charge in [0.25, 0.3) is 5.91 Å². The van der Waals surface area contributed by atoms with E-state index in [2.05, 4.69) is 9.97 Å². The van der Waals surface area contributed by atoms with Gasteiger partial charge in [-0.15, -0.1) is 0 Å². The van der Waals surface area contributed by atoms with Crippen molar-refractivity contribution in [3.8, 4) is 11.3 Å². The minimum absolute atomic E-state index is 0.0134. The molecule has 1 fully saturated rings. The molecule has 3 aromatic rings. The van der Waals surface area contributed by atoms with Crippen LogP contribution in [0.15, 0.2) is 29.4 Å². The van der Waals surface area contributed by atoms with Gasteiger partial charge in [-0.25, -0.2) is 18.4 Å². The van der Waals surface area contributed by atoms with Crippen LogP contribution >= 0.6 is 0 Å². The van der Waals surface area contributed by atoms with Crippen LogP contribution in [-0.4, -0.2) is 45.9 Å². The molecule has 174 valence electrons. The molecule has 1 amide bonds. The predicted octanol–water partition coefficient (Wildman–Crippen LogP) is 3.16. The molecule has 0 saturated heterocycles. The molecule has 0 spiro atoms. The van der Waals surface area contributed by atoms with Crippen LogP contribution in [-0.2, 0) is 22.6 Å². The molecular weight excluding hydrogens is 459 g/mol. The third-order valence-electron chi connectivity index (χ3n) is 6.30. The summed E-state index contributed by atoms with van der Waals surface area (Å²) in [4.78, 5) is 22.1. The number of imidazole rings is 1. The molecule has 2 aromatic heterocycles. The van der Waals surface area contributed by atoms with Gasteiger partial charge in [-0.3, -0.25) is 9.20 Å². The number of amides is 1. The molecule has 1 aliphatic carbocycles. The van der Waals surface area contributed by atoms with Gasteiger partial charge in [0, 0.05) is 30.6 Å². The maximum absolute atomic E-state index is 13.3. The summed E-state index contributed by atoms with van der Waals surface area (Å²) < 4.78 is 66.3. The summed E-state index contributed by atoms with van der Waals surface area (Å²) in [6.07, 6.45) is 0.391. The van der Waals surface area contributed by atoms with Crippen molar-refractivity contribution in [2.45, 2.75) is 43.4 Å². The van der Waals surface area contributed by atoms with Crippen LogP contribution in [0, 0.1) is 5.92 Å². The molecule has 2 N–H and O–H groups in total. The monoisotopic (exact) mass is 479 g/mol. The minimum Gasteiger partial charge on any atom is -0.381 e. The number of sulfone groups is 1. The number of alkyl halides is 3. The molecule has 0 unspecified atom stereocenters. The number of hydrogen-bond donors (Lipinski definition) is 1. The lowest BCUT2D eigenvalue weighted by Crippen LogP contribution is -2.35. The van der Waals surface area contributed by atoms with Crippen LogP contribution in [0.25, 0.3) is 16.9 Å². The number of fused-ring (bicyclic) bond motifs is 2. The molecule has 0 radical (unpaired) electrons. The van der Waals surface area contributed by atoms with E-state index in [0.29, 0.717) is 17.0 Å². The average Bonchev–Trinajstić information content (AvgIpc) is 3.39. The number of carbonyl (C=O) groups excluding carboxylic acids is 1. The minimum atomic E-state index is -4.73. The van der Waals surface area contributed by atoms with Crippen molar-refractivity contribution in [2.24, 2.45) is 5.92 Å². The Morgan fingerprint density at radius 1 is 1.24 bits per heavy atom. The highest BCUT2D eigenvalue weighted by Gasteiger charge is 2.41. The van der Waals surface area contributed by atoms with Crippen LogP contribution in [0.2, 0.25) is 0 Å². The second kappa shape index (κ2) is 6.92. The maximum atomic E-state index is 13.3. The number of halogens is 3. The number of benzene rings is 1. The first-order chi connectivity index (χ1) is 15.4. The van der Waals surface area contributed by atoms with Crippen LogP contribution in [0.3, 0.4) is 0 Å². The Kier molecular flexibility index (Phi) is 4.55. The maximum Gasteiger partial charge on any atom is 0.434 e. The van der Waals surface area contributed by atoms with E-state index in [4.69, 9.17) is 5.73 Å². The number of anilines is 1. The summed E-state index contributed by atoms with van der Waals surface area (Å²) in [5.41, 5.74) is 5.67. The van der Waals surface area contributed by atoms with Crippen LogP contribution in [0.4, 0.5) is 19.0 Å². The number of hydrogen-bond acceptors (Lipinski definition) is 6. The highest BCUT2D eigenvalue weighted by atomic mass is 32.2. The van der Waals surface area contributed by atoms with Gasteiger partial charge < -0.3 is 10.6 Å². The van der Waals surface area contributed by atoms with Crippen LogP contribution in [0.1, 0.15) is 41.4 Å². The summed E-state index contributed by atoms with van der Waals surface area (Å²) in [5.74, 6) is -0.359. The van der Waals surface area contributed by atoms with Crippen molar-refractivity contribution in [1.29, 1.82) is 0 Å². The quantitative estimate of drug-likeness (QED) is 0.616. The highest BCUT2D eigenvalue weighted by Crippen LogP contribution is 2.41. The van der Waals surface area contributed by atoms with Crippen LogP contribution in [0.5, 0.6) is 0 Å². The number of carbonyl (C=O) groups is 1. The first kappa shape index (κ1) is 21.7. The molecule has 1 aromatic carbocycles. The molecule has 2 aliphatic rings. The van der Waals surface area contributed by atoms with Gasteiger partial charge in [0.2, 0.25) is 0 Å². The molecular formula is C21H20F3N5O3S. The van der Waals surface area contributed by atoms with E-state index in [1.54, 1.807) is 11.0 Å². The number of rotatable bonds is 4. The molecule has 12 heteroatoms.